The molecule has 152 valence electrons. The molecule has 1 aromatic heterocycles. The Bertz CT molecular complexity index is 912. The van der Waals surface area contributed by atoms with Gasteiger partial charge in [-0.3, -0.25) is 19.3 Å². The van der Waals surface area contributed by atoms with Crippen molar-refractivity contribution < 1.29 is 14.4 Å². The highest BCUT2D eigenvalue weighted by molar-refractivity contribution is 6.07. The van der Waals surface area contributed by atoms with Gasteiger partial charge in [-0.25, -0.2) is 4.98 Å². The van der Waals surface area contributed by atoms with E-state index < -0.39 is 0 Å². The number of carbonyl (C=O) groups excluding carboxylic acids is 3. The van der Waals surface area contributed by atoms with E-state index in [1.807, 2.05) is 37.4 Å². The first-order valence-electron chi connectivity index (χ1n) is 10.2. The van der Waals surface area contributed by atoms with Gasteiger partial charge >= 0.3 is 0 Å². The fourth-order valence-corrected chi connectivity index (χ4v) is 4.39. The number of likely N-dealkylation sites (tertiary alicyclic amines) is 1. The van der Waals surface area contributed by atoms with Crippen LogP contribution in [-0.2, 0) is 27.5 Å². The second-order valence-corrected chi connectivity index (χ2v) is 7.96. The summed E-state index contributed by atoms with van der Waals surface area (Å²) in [6.07, 6.45) is 7.19. The number of amides is 3. The Morgan fingerprint density at radius 2 is 1.83 bits per heavy atom. The number of benzene rings is 1. The van der Waals surface area contributed by atoms with E-state index in [1.165, 1.54) is 0 Å². The molecule has 2 atom stereocenters. The number of hydrogen-bond acceptors (Lipinski definition) is 4. The summed E-state index contributed by atoms with van der Waals surface area (Å²) in [6, 6.07) is 7.99. The Morgan fingerprint density at radius 1 is 1.14 bits per heavy atom. The third kappa shape index (κ3) is 4.09. The van der Waals surface area contributed by atoms with Gasteiger partial charge in [0.05, 0.1) is 11.8 Å². The van der Waals surface area contributed by atoms with Crippen LogP contribution in [0.1, 0.15) is 42.6 Å². The van der Waals surface area contributed by atoms with Gasteiger partial charge in [-0.2, -0.15) is 0 Å². The fourth-order valence-electron chi connectivity index (χ4n) is 4.39. The highest BCUT2D eigenvalue weighted by atomic mass is 16.2. The Hall–Kier alpha value is -2.96. The normalized spacial score (nSPS) is 21.3. The molecule has 2 aromatic rings. The van der Waals surface area contributed by atoms with Crippen molar-refractivity contribution in [2.24, 2.45) is 11.8 Å². The van der Waals surface area contributed by atoms with Crippen molar-refractivity contribution in [3.05, 3.63) is 53.6 Å². The first kappa shape index (κ1) is 19.4. The molecule has 3 amide bonds. The number of carbonyl (C=O) groups is 3. The molecule has 0 spiro atoms. The maximum atomic E-state index is 12.5. The van der Waals surface area contributed by atoms with E-state index in [0.717, 1.165) is 47.5 Å². The summed E-state index contributed by atoms with van der Waals surface area (Å²) in [5.74, 6) is -0.134. The first-order valence-corrected chi connectivity index (χ1v) is 10.2. The van der Waals surface area contributed by atoms with Gasteiger partial charge in [0.15, 0.2) is 0 Å². The molecule has 7 heteroatoms. The second-order valence-electron chi connectivity index (χ2n) is 7.96. The Labute approximate surface area is 170 Å². The lowest BCUT2D eigenvalue weighted by Gasteiger charge is -2.19. The number of hydrogen-bond donors (Lipinski definition) is 1. The van der Waals surface area contributed by atoms with E-state index in [2.05, 4.69) is 14.9 Å². The molecular weight excluding hydrogens is 368 g/mol. The van der Waals surface area contributed by atoms with Crippen LogP contribution in [0.3, 0.4) is 0 Å². The fraction of sp³-hybridized carbons (Fsp3) is 0.455. The van der Waals surface area contributed by atoms with Gasteiger partial charge in [0.2, 0.25) is 17.7 Å². The molecule has 1 aromatic carbocycles. The molecule has 2 heterocycles. The Kier molecular flexibility index (Phi) is 5.47. The van der Waals surface area contributed by atoms with E-state index in [0.29, 0.717) is 13.1 Å². The van der Waals surface area contributed by atoms with Crippen molar-refractivity contribution in [2.75, 3.05) is 6.54 Å². The molecule has 0 unspecified atom stereocenters. The number of imidazole rings is 1. The van der Waals surface area contributed by atoms with Gasteiger partial charge in [0.1, 0.15) is 12.4 Å². The minimum atomic E-state index is -0.304. The van der Waals surface area contributed by atoms with Gasteiger partial charge in [-0.05, 0) is 30.9 Å². The number of rotatable bonds is 6. The number of nitrogens with one attached hydrogen (secondary N) is 1. The van der Waals surface area contributed by atoms with Gasteiger partial charge in [0.25, 0.3) is 0 Å². The Balaban J connectivity index is 1.33. The van der Waals surface area contributed by atoms with E-state index in [-0.39, 0.29) is 36.1 Å². The van der Waals surface area contributed by atoms with Crippen molar-refractivity contribution in [1.29, 1.82) is 0 Å². The van der Waals surface area contributed by atoms with Crippen LogP contribution < -0.4 is 5.32 Å². The number of nitrogens with zero attached hydrogens (tertiary/aromatic N) is 3. The molecule has 1 saturated heterocycles. The highest BCUT2D eigenvalue weighted by Crippen LogP contribution is 2.37. The molecule has 1 aliphatic carbocycles. The van der Waals surface area contributed by atoms with Crippen molar-refractivity contribution in [3.63, 3.8) is 0 Å². The van der Waals surface area contributed by atoms with Crippen LogP contribution >= 0.6 is 0 Å². The van der Waals surface area contributed by atoms with Gasteiger partial charge in [-0.1, -0.05) is 37.1 Å². The van der Waals surface area contributed by atoms with E-state index in [9.17, 15) is 14.4 Å². The summed E-state index contributed by atoms with van der Waals surface area (Å²) in [6.45, 7) is 2.85. The number of fused-ring (bicyclic) bond motifs is 1. The molecule has 29 heavy (non-hydrogen) atoms. The van der Waals surface area contributed by atoms with Gasteiger partial charge < -0.3 is 9.88 Å². The summed E-state index contributed by atoms with van der Waals surface area (Å²) in [5.41, 5.74) is 2.09. The van der Waals surface area contributed by atoms with Crippen LogP contribution in [0.15, 0.2) is 36.7 Å². The lowest BCUT2D eigenvalue weighted by molar-refractivity contribution is -0.143. The third-order valence-corrected chi connectivity index (χ3v) is 5.99. The average molecular weight is 394 g/mol. The van der Waals surface area contributed by atoms with E-state index in [4.69, 9.17) is 0 Å². The topological polar surface area (TPSA) is 84.3 Å². The van der Waals surface area contributed by atoms with Crippen LogP contribution in [0, 0.1) is 18.8 Å². The largest absolute Gasteiger partial charge is 0.350 e. The highest BCUT2D eigenvalue weighted by Gasteiger charge is 2.48. The van der Waals surface area contributed by atoms with Gasteiger partial charge in [0, 0.05) is 25.5 Å². The molecule has 1 N–H and O–H groups in total. The molecule has 0 bridgehead atoms. The predicted octanol–water partition coefficient (Wildman–Crippen LogP) is 2.03. The zero-order chi connectivity index (χ0) is 20.4. The number of aryl methyl sites for hydroxylation is 1. The summed E-state index contributed by atoms with van der Waals surface area (Å²) in [7, 11) is 0. The quantitative estimate of drug-likeness (QED) is 0.760. The smallest absolute Gasteiger partial charge is 0.240 e. The molecule has 1 saturated carbocycles. The lowest BCUT2D eigenvalue weighted by Crippen LogP contribution is -2.40. The van der Waals surface area contributed by atoms with Crippen LogP contribution in [0.4, 0.5) is 0 Å². The Morgan fingerprint density at radius 3 is 2.48 bits per heavy atom. The lowest BCUT2D eigenvalue weighted by atomic mass is 9.81. The maximum absolute atomic E-state index is 12.5. The van der Waals surface area contributed by atoms with E-state index in [1.54, 1.807) is 6.20 Å². The second kappa shape index (κ2) is 8.19. The SMILES string of the molecule is Cc1nccn1Cc1cccc(CNC(=O)CN2C(=O)[C@@H]3CCCC[C@H]3C2=O)c1. The van der Waals surface area contributed by atoms with Crippen LogP contribution in [-0.4, -0.2) is 38.7 Å². The molecule has 1 aliphatic heterocycles. The standard InChI is InChI=1S/C22H26N4O3/c1-15-23-9-10-25(15)13-17-6-4-5-16(11-17)12-24-20(27)14-26-21(28)18-7-2-3-8-19(18)22(26)29/h4-6,9-11,18-19H,2-3,7-8,12-14H2,1H3,(H,24,27)/t18-,19-/m1/s1. The summed E-state index contributed by atoms with van der Waals surface area (Å²) < 4.78 is 2.06. The zero-order valence-electron chi connectivity index (χ0n) is 16.6. The minimum Gasteiger partial charge on any atom is -0.350 e. The average Bonchev–Trinajstić information content (AvgIpc) is 3.23. The molecular formula is C22H26N4O3. The minimum absolute atomic E-state index is 0.174. The third-order valence-electron chi connectivity index (χ3n) is 5.99. The number of imide groups is 1. The molecule has 0 radical (unpaired) electrons. The van der Waals surface area contributed by atoms with Crippen molar-refractivity contribution in [1.82, 2.24) is 19.8 Å². The summed E-state index contributed by atoms with van der Waals surface area (Å²) in [5, 5.41) is 2.84. The summed E-state index contributed by atoms with van der Waals surface area (Å²) in [4.78, 5) is 42.8. The van der Waals surface area contributed by atoms with Crippen molar-refractivity contribution in [3.8, 4) is 0 Å². The molecule has 2 aliphatic rings. The monoisotopic (exact) mass is 394 g/mol. The zero-order valence-corrected chi connectivity index (χ0v) is 16.6. The van der Waals surface area contributed by atoms with Crippen molar-refractivity contribution >= 4 is 17.7 Å². The first-order chi connectivity index (χ1) is 14.0. The van der Waals surface area contributed by atoms with E-state index >= 15 is 0 Å². The number of aromatic nitrogens is 2. The van der Waals surface area contributed by atoms with Crippen LogP contribution in [0.5, 0.6) is 0 Å². The molecule has 2 fully saturated rings. The maximum Gasteiger partial charge on any atom is 0.240 e. The molecule has 7 nitrogen and oxygen atoms in total. The predicted molar refractivity (Wildman–Crippen MR) is 107 cm³/mol. The molecule has 4 rings (SSSR count). The van der Waals surface area contributed by atoms with Crippen LogP contribution in [0.2, 0.25) is 0 Å². The van der Waals surface area contributed by atoms with Gasteiger partial charge in [-0.15, -0.1) is 0 Å². The summed E-state index contributed by atoms with van der Waals surface area (Å²) >= 11 is 0. The van der Waals surface area contributed by atoms with Crippen LogP contribution in [0.25, 0.3) is 0 Å². The van der Waals surface area contributed by atoms with Crippen molar-refractivity contribution in [2.45, 2.75) is 45.7 Å².